The number of pyridine rings is 1. The number of rotatable bonds is 3. The number of aromatic nitrogens is 1. The summed E-state index contributed by atoms with van der Waals surface area (Å²) in [4.78, 5) is 18.3. The van der Waals surface area contributed by atoms with Crippen molar-refractivity contribution in [3.8, 4) is 0 Å². The Morgan fingerprint density at radius 3 is 3.00 bits per heavy atom. The Morgan fingerprint density at radius 1 is 1.67 bits per heavy atom. The SMILES string of the molecule is CN(Cc1ccccn1)C(=O)C1(C)COCC1N. The van der Waals surface area contributed by atoms with Gasteiger partial charge in [0.25, 0.3) is 0 Å². The number of amides is 1. The number of hydrogen-bond donors (Lipinski definition) is 1. The first-order valence-corrected chi connectivity index (χ1v) is 6.03. The van der Waals surface area contributed by atoms with Gasteiger partial charge in [-0.2, -0.15) is 0 Å². The molecule has 98 valence electrons. The molecule has 5 heteroatoms. The van der Waals surface area contributed by atoms with Gasteiger partial charge in [-0.3, -0.25) is 9.78 Å². The minimum absolute atomic E-state index is 0.0122. The number of hydrogen-bond acceptors (Lipinski definition) is 4. The molecule has 1 aromatic rings. The molecular weight excluding hydrogens is 230 g/mol. The summed E-state index contributed by atoms with van der Waals surface area (Å²) in [6.45, 7) is 3.18. The minimum atomic E-state index is -0.621. The van der Waals surface area contributed by atoms with Crippen LogP contribution in [0, 0.1) is 5.41 Å². The molecule has 2 atom stereocenters. The Balaban J connectivity index is 2.05. The molecule has 2 unspecified atom stereocenters. The van der Waals surface area contributed by atoms with Crippen molar-refractivity contribution in [1.82, 2.24) is 9.88 Å². The van der Waals surface area contributed by atoms with Crippen LogP contribution in [0.1, 0.15) is 12.6 Å². The predicted molar refractivity (Wildman–Crippen MR) is 67.6 cm³/mol. The van der Waals surface area contributed by atoms with Crippen molar-refractivity contribution in [3.05, 3.63) is 30.1 Å². The highest BCUT2D eigenvalue weighted by Gasteiger charge is 2.45. The summed E-state index contributed by atoms with van der Waals surface area (Å²) in [7, 11) is 1.77. The molecule has 0 radical (unpaired) electrons. The van der Waals surface area contributed by atoms with Gasteiger partial charge in [-0.1, -0.05) is 6.07 Å². The lowest BCUT2D eigenvalue weighted by molar-refractivity contribution is -0.141. The normalized spacial score (nSPS) is 27.2. The van der Waals surface area contributed by atoms with Crippen LogP contribution in [0.2, 0.25) is 0 Å². The summed E-state index contributed by atoms with van der Waals surface area (Å²) in [6.07, 6.45) is 1.72. The second-order valence-corrected chi connectivity index (χ2v) is 5.02. The lowest BCUT2D eigenvalue weighted by Gasteiger charge is -2.30. The third kappa shape index (κ3) is 2.37. The molecule has 18 heavy (non-hydrogen) atoms. The van der Waals surface area contributed by atoms with E-state index >= 15 is 0 Å². The summed E-state index contributed by atoms with van der Waals surface area (Å²) >= 11 is 0. The van der Waals surface area contributed by atoms with Gasteiger partial charge in [0.15, 0.2) is 0 Å². The molecule has 1 aliphatic heterocycles. The molecule has 1 saturated heterocycles. The number of carbonyl (C=O) groups is 1. The third-order valence-corrected chi connectivity index (χ3v) is 3.48. The van der Waals surface area contributed by atoms with E-state index < -0.39 is 5.41 Å². The first-order chi connectivity index (χ1) is 8.54. The number of ether oxygens (including phenoxy) is 1. The summed E-state index contributed by atoms with van der Waals surface area (Å²) < 4.78 is 5.31. The van der Waals surface area contributed by atoms with E-state index in [1.165, 1.54) is 0 Å². The van der Waals surface area contributed by atoms with E-state index in [2.05, 4.69) is 4.98 Å². The van der Waals surface area contributed by atoms with Crippen LogP contribution in [0.4, 0.5) is 0 Å². The van der Waals surface area contributed by atoms with E-state index in [9.17, 15) is 4.79 Å². The largest absolute Gasteiger partial charge is 0.379 e. The van der Waals surface area contributed by atoms with Crippen molar-refractivity contribution >= 4 is 5.91 Å². The third-order valence-electron chi connectivity index (χ3n) is 3.48. The van der Waals surface area contributed by atoms with Crippen molar-refractivity contribution in [3.63, 3.8) is 0 Å². The number of carbonyl (C=O) groups excluding carboxylic acids is 1. The molecule has 0 aromatic carbocycles. The Kier molecular flexibility index (Phi) is 3.63. The first kappa shape index (κ1) is 13.0. The molecule has 2 rings (SSSR count). The molecule has 2 N–H and O–H groups in total. The van der Waals surface area contributed by atoms with E-state index in [0.29, 0.717) is 19.8 Å². The molecular formula is C13H19N3O2. The molecule has 2 heterocycles. The first-order valence-electron chi connectivity index (χ1n) is 6.03. The summed E-state index contributed by atoms with van der Waals surface area (Å²) in [6, 6.07) is 5.42. The fraction of sp³-hybridized carbons (Fsp3) is 0.538. The van der Waals surface area contributed by atoms with Crippen molar-refractivity contribution in [1.29, 1.82) is 0 Å². The van der Waals surface area contributed by atoms with E-state index in [-0.39, 0.29) is 11.9 Å². The van der Waals surface area contributed by atoms with Gasteiger partial charge in [0, 0.05) is 19.3 Å². The van der Waals surface area contributed by atoms with Gasteiger partial charge >= 0.3 is 0 Å². The van der Waals surface area contributed by atoms with Crippen LogP contribution in [0.15, 0.2) is 24.4 Å². The standard InChI is InChI=1S/C13H19N3O2/c1-13(9-18-8-11(13)14)12(17)16(2)7-10-5-3-4-6-15-10/h3-6,11H,7-9,14H2,1-2H3. The zero-order chi connectivity index (χ0) is 13.2. The second kappa shape index (κ2) is 5.04. The molecule has 1 amide bonds. The Bertz CT molecular complexity index is 424. The maximum absolute atomic E-state index is 12.4. The highest BCUT2D eigenvalue weighted by atomic mass is 16.5. The van der Waals surface area contributed by atoms with Gasteiger partial charge in [-0.05, 0) is 19.1 Å². The molecule has 0 bridgehead atoms. The highest BCUT2D eigenvalue weighted by molar-refractivity contribution is 5.83. The maximum Gasteiger partial charge on any atom is 0.232 e. The van der Waals surface area contributed by atoms with Crippen LogP contribution in [0.25, 0.3) is 0 Å². The summed E-state index contributed by atoms with van der Waals surface area (Å²) in [5.74, 6) is 0.0122. The van der Waals surface area contributed by atoms with Gasteiger partial charge in [0.05, 0.1) is 30.9 Å². The summed E-state index contributed by atoms with van der Waals surface area (Å²) in [5, 5.41) is 0. The van der Waals surface area contributed by atoms with E-state index in [4.69, 9.17) is 10.5 Å². The monoisotopic (exact) mass is 249 g/mol. The number of nitrogens with zero attached hydrogens (tertiary/aromatic N) is 2. The van der Waals surface area contributed by atoms with Crippen LogP contribution in [0.3, 0.4) is 0 Å². The Labute approximate surface area is 107 Å². The molecule has 1 fully saturated rings. The fourth-order valence-corrected chi connectivity index (χ4v) is 2.15. The van der Waals surface area contributed by atoms with E-state index in [1.54, 1.807) is 18.1 Å². The second-order valence-electron chi connectivity index (χ2n) is 5.02. The lowest BCUT2D eigenvalue weighted by atomic mass is 9.84. The molecule has 1 aliphatic rings. The highest BCUT2D eigenvalue weighted by Crippen LogP contribution is 2.29. The van der Waals surface area contributed by atoms with Gasteiger partial charge in [-0.15, -0.1) is 0 Å². The zero-order valence-electron chi connectivity index (χ0n) is 10.8. The summed E-state index contributed by atoms with van der Waals surface area (Å²) in [5.41, 5.74) is 6.20. The molecule has 1 aromatic heterocycles. The Morgan fingerprint density at radius 2 is 2.44 bits per heavy atom. The fourth-order valence-electron chi connectivity index (χ4n) is 2.15. The van der Waals surface area contributed by atoms with Crippen LogP contribution >= 0.6 is 0 Å². The predicted octanol–water partition coefficient (Wildman–Crippen LogP) is 0.404. The molecule has 0 saturated carbocycles. The lowest BCUT2D eigenvalue weighted by Crippen LogP contribution is -2.50. The van der Waals surface area contributed by atoms with E-state index in [0.717, 1.165) is 5.69 Å². The van der Waals surface area contributed by atoms with Crippen LogP contribution in [-0.2, 0) is 16.1 Å². The van der Waals surface area contributed by atoms with Gasteiger partial charge in [0.1, 0.15) is 0 Å². The van der Waals surface area contributed by atoms with Crippen LogP contribution in [0.5, 0.6) is 0 Å². The maximum atomic E-state index is 12.4. The average Bonchev–Trinajstić information content (AvgIpc) is 2.71. The van der Waals surface area contributed by atoms with Gasteiger partial charge in [-0.25, -0.2) is 0 Å². The van der Waals surface area contributed by atoms with E-state index in [1.807, 2.05) is 25.1 Å². The molecule has 0 aliphatic carbocycles. The van der Waals surface area contributed by atoms with Crippen LogP contribution in [-0.4, -0.2) is 42.1 Å². The number of nitrogens with two attached hydrogens (primary N) is 1. The quantitative estimate of drug-likeness (QED) is 0.842. The van der Waals surface area contributed by atoms with Crippen LogP contribution < -0.4 is 5.73 Å². The van der Waals surface area contributed by atoms with Crippen molar-refractivity contribution in [2.24, 2.45) is 11.1 Å². The Hall–Kier alpha value is -1.46. The van der Waals surface area contributed by atoms with Crippen molar-refractivity contribution in [2.45, 2.75) is 19.5 Å². The minimum Gasteiger partial charge on any atom is -0.379 e. The average molecular weight is 249 g/mol. The zero-order valence-corrected chi connectivity index (χ0v) is 10.8. The van der Waals surface area contributed by atoms with Crippen molar-refractivity contribution in [2.75, 3.05) is 20.3 Å². The smallest absolute Gasteiger partial charge is 0.232 e. The van der Waals surface area contributed by atoms with Gasteiger partial charge < -0.3 is 15.4 Å². The molecule has 0 spiro atoms. The van der Waals surface area contributed by atoms with Crippen molar-refractivity contribution < 1.29 is 9.53 Å². The molecule has 5 nitrogen and oxygen atoms in total. The topological polar surface area (TPSA) is 68.5 Å². The van der Waals surface area contributed by atoms with Gasteiger partial charge in [0.2, 0.25) is 5.91 Å².